The van der Waals surface area contributed by atoms with Crippen LogP contribution in [0.25, 0.3) is 0 Å². The SMILES string of the molecule is O=C(O[C@@H]1c2ccccc2C[C@H]1Br)c1ccccc1. The van der Waals surface area contributed by atoms with Crippen LogP contribution in [0.3, 0.4) is 0 Å². The topological polar surface area (TPSA) is 26.3 Å². The number of alkyl halides is 1. The van der Waals surface area contributed by atoms with Crippen LogP contribution in [0.4, 0.5) is 0 Å². The van der Waals surface area contributed by atoms with Crippen LogP contribution in [0.2, 0.25) is 0 Å². The first-order valence-corrected chi connectivity index (χ1v) is 7.15. The van der Waals surface area contributed by atoms with Crippen LogP contribution in [-0.4, -0.2) is 10.8 Å². The van der Waals surface area contributed by atoms with Gasteiger partial charge in [-0.2, -0.15) is 0 Å². The van der Waals surface area contributed by atoms with Crippen LogP contribution in [0, 0.1) is 0 Å². The molecule has 0 heterocycles. The highest BCUT2D eigenvalue weighted by Gasteiger charge is 2.33. The fourth-order valence-electron chi connectivity index (χ4n) is 2.40. The Kier molecular flexibility index (Phi) is 3.38. The fourth-order valence-corrected chi connectivity index (χ4v) is 3.15. The van der Waals surface area contributed by atoms with Gasteiger partial charge in [0.1, 0.15) is 6.10 Å². The van der Waals surface area contributed by atoms with Crippen molar-refractivity contribution < 1.29 is 9.53 Å². The van der Waals surface area contributed by atoms with E-state index in [1.807, 2.05) is 36.4 Å². The van der Waals surface area contributed by atoms with Gasteiger partial charge in [0.05, 0.1) is 10.4 Å². The fraction of sp³-hybridized carbons (Fsp3) is 0.188. The number of carbonyl (C=O) groups excluding carboxylic acids is 1. The molecule has 0 amide bonds. The largest absolute Gasteiger partial charge is 0.453 e. The second-order valence-corrected chi connectivity index (χ2v) is 5.79. The maximum atomic E-state index is 12.1. The molecule has 96 valence electrons. The average Bonchev–Trinajstić information content (AvgIpc) is 2.76. The van der Waals surface area contributed by atoms with Gasteiger partial charge in [-0.15, -0.1) is 0 Å². The average molecular weight is 317 g/mol. The van der Waals surface area contributed by atoms with Crippen molar-refractivity contribution in [3.63, 3.8) is 0 Å². The summed E-state index contributed by atoms with van der Waals surface area (Å²) in [6.45, 7) is 0. The van der Waals surface area contributed by atoms with E-state index >= 15 is 0 Å². The standard InChI is InChI=1S/C16H13BrO2/c17-14-10-12-8-4-5-9-13(12)15(14)19-16(18)11-6-2-1-3-7-11/h1-9,14-15H,10H2/t14-,15-/m1/s1. The van der Waals surface area contributed by atoms with Crippen LogP contribution in [0.1, 0.15) is 27.6 Å². The van der Waals surface area contributed by atoms with Gasteiger partial charge < -0.3 is 4.74 Å². The number of fused-ring (bicyclic) bond motifs is 1. The Morgan fingerprint density at radius 1 is 1.05 bits per heavy atom. The molecule has 0 radical (unpaired) electrons. The van der Waals surface area contributed by atoms with Crippen molar-refractivity contribution in [3.05, 3.63) is 71.3 Å². The summed E-state index contributed by atoms with van der Waals surface area (Å²) < 4.78 is 5.65. The molecule has 0 N–H and O–H groups in total. The molecule has 0 aliphatic heterocycles. The van der Waals surface area contributed by atoms with E-state index in [0.29, 0.717) is 5.56 Å². The predicted octanol–water partition coefficient (Wildman–Crippen LogP) is 3.90. The van der Waals surface area contributed by atoms with Gasteiger partial charge in [-0.1, -0.05) is 58.4 Å². The van der Waals surface area contributed by atoms with E-state index in [-0.39, 0.29) is 16.9 Å². The zero-order valence-corrected chi connectivity index (χ0v) is 11.8. The summed E-state index contributed by atoms with van der Waals surface area (Å²) in [6.07, 6.45) is 0.687. The van der Waals surface area contributed by atoms with Gasteiger partial charge in [-0.05, 0) is 29.7 Å². The number of rotatable bonds is 2. The summed E-state index contributed by atoms with van der Waals surface area (Å²) in [4.78, 5) is 12.3. The van der Waals surface area contributed by atoms with Crippen LogP contribution in [0.5, 0.6) is 0 Å². The Balaban J connectivity index is 1.82. The molecule has 0 spiro atoms. The van der Waals surface area contributed by atoms with Gasteiger partial charge in [-0.3, -0.25) is 0 Å². The van der Waals surface area contributed by atoms with Crippen molar-refractivity contribution in [1.82, 2.24) is 0 Å². The quantitative estimate of drug-likeness (QED) is 0.620. The first-order valence-electron chi connectivity index (χ1n) is 6.23. The molecule has 0 bridgehead atoms. The Morgan fingerprint density at radius 3 is 2.53 bits per heavy atom. The third-order valence-electron chi connectivity index (χ3n) is 3.35. The lowest BCUT2D eigenvalue weighted by Gasteiger charge is -2.16. The lowest BCUT2D eigenvalue weighted by molar-refractivity contribution is 0.0317. The molecule has 0 aromatic heterocycles. The second kappa shape index (κ2) is 5.17. The molecular weight excluding hydrogens is 304 g/mol. The van der Waals surface area contributed by atoms with Crippen LogP contribution in [-0.2, 0) is 11.2 Å². The van der Waals surface area contributed by atoms with E-state index in [1.54, 1.807) is 12.1 Å². The third kappa shape index (κ3) is 2.43. The highest BCUT2D eigenvalue weighted by atomic mass is 79.9. The monoisotopic (exact) mass is 316 g/mol. The van der Waals surface area contributed by atoms with E-state index in [9.17, 15) is 4.79 Å². The predicted molar refractivity (Wildman–Crippen MR) is 77.5 cm³/mol. The van der Waals surface area contributed by atoms with E-state index in [4.69, 9.17) is 4.74 Å². The van der Waals surface area contributed by atoms with Gasteiger partial charge in [0.25, 0.3) is 0 Å². The minimum Gasteiger partial charge on any atom is -0.453 e. The molecule has 2 aromatic rings. The Bertz CT molecular complexity index is 595. The molecule has 3 heteroatoms. The minimum atomic E-state index is -0.272. The molecule has 1 aliphatic rings. The van der Waals surface area contributed by atoms with Crippen molar-refractivity contribution in [1.29, 1.82) is 0 Å². The Labute approximate surface area is 120 Å². The van der Waals surface area contributed by atoms with E-state index in [0.717, 1.165) is 12.0 Å². The molecule has 0 unspecified atom stereocenters. The number of benzene rings is 2. The molecule has 2 atom stereocenters. The van der Waals surface area contributed by atoms with Gasteiger partial charge in [0, 0.05) is 0 Å². The maximum Gasteiger partial charge on any atom is 0.338 e. The number of ether oxygens (including phenoxy) is 1. The lowest BCUT2D eigenvalue weighted by Crippen LogP contribution is -2.16. The molecule has 3 rings (SSSR count). The van der Waals surface area contributed by atoms with Crippen molar-refractivity contribution in [2.45, 2.75) is 17.4 Å². The zero-order chi connectivity index (χ0) is 13.2. The van der Waals surface area contributed by atoms with Crippen LogP contribution < -0.4 is 0 Å². The number of carbonyl (C=O) groups is 1. The van der Waals surface area contributed by atoms with Crippen molar-refractivity contribution in [2.75, 3.05) is 0 Å². The maximum absolute atomic E-state index is 12.1. The molecular formula is C16H13BrO2. The highest BCUT2D eigenvalue weighted by molar-refractivity contribution is 9.09. The van der Waals surface area contributed by atoms with Crippen molar-refractivity contribution in [3.8, 4) is 0 Å². The molecule has 0 fully saturated rings. The Morgan fingerprint density at radius 2 is 1.74 bits per heavy atom. The van der Waals surface area contributed by atoms with Gasteiger partial charge in [-0.25, -0.2) is 4.79 Å². The van der Waals surface area contributed by atoms with Gasteiger partial charge in [0.2, 0.25) is 0 Å². The zero-order valence-electron chi connectivity index (χ0n) is 10.3. The smallest absolute Gasteiger partial charge is 0.338 e. The second-order valence-electron chi connectivity index (χ2n) is 4.61. The molecule has 0 saturated heterocycles. The summed E-state index contributed by atoms with van der Waals surface area (Å²) >= 11 is 3.61. The Hall–Kier alpha value is -1.61. The van der Waals surface area contributed by atoms with E-state index in [2.05, 4.69) is 22.0 Å². The van der Waals surface area contributed by atoms with Crippen LogP contribution in [0.15, 0.2) is 54.6 Å². The highest BCUT2D eigenvalue weighted by Crippen LogP contribution is 2.38. The minimum absolute atomic E-state index is 0.151. The number of hydrogen-bond donors (Lipinski definition) is 0. The number of halogens is 1. The van der Waals surface area contributed by atoms with Gasteiger partial charge >= 0.3 is 5.97 Å². The first kappa shape index (κ1) is 12.4. The summed E-state index contributed by atoms with van der Waals surface area (Å²) in [5.41, 5.74) is 2.94. The third-order valence-corrected chi connectivity index (χ3v) is 4.15. The van der Waals surface area contributed by atoms with Crippen molar-refractivity contribution >= 4 is 21.9 Å². The van der Waals surface area contributed by atoms with Crippen molar-refractivity contribution in [2.24, 2.45) is 0 Å². The molecule has 19 heavy (non-hydrogen) atoms. The molecule has 2 aromatic carbocycles. The summed E-state index contributed by atoms with van der Waals surface area (Å²) in [5, 5.41) is 0. The summed E-state index contributed by atoms with van der Waals surface area (Å²) in [7, 11) is 0. The first-order chi connectivity index (χ1) is 9.25. The molecule has 0 saturated carbocycles. The summed E-state index contributed by atoms with van der Waals surface area (Å²) in [6, 6.07) is 17.2. The lowest BCUT2D eigenvalue weighted by atomic mass is 10.1. The molecule has 1 aliphatic carbocycles. The number of esters is 1. The normalized spacial score (nSPS) is 20.9. The van der Waals surface area contributed by atoms with Crippen LogP contribution >= 0.6 is 15.9 Å². The number of hydrogen-bond acceptors (Lipinski definition) is 2. The van der Waals surface area contributed by atoms with Gasteiger partial charge in [0.15, 0.2) is 0 Å². The summed E-state index contributed by atoms with van der Waals surface area (Å²) in [5.74, 6) is -0.272. The molecule has 2 nitrogen and oxygen atoms in total. The van der Waals surface area contributed by atoms with E-state index in [1.165, 1.54) is 5.56 Å². The van der Waals surface area contributed by atoms with E-state index < -0.39 is 0 Å².